The number of aryl methyl sites for hydroxylation is 2. The number of benzene rings is 2. The zero-order chi connectivity index (χ0) is 17.8. The minimum Gasteiger partial charge on any atom is -0.325 e. The summed E-state index contributed by atoms with van der Waals surface area (Å²) >= 11 is 7.36. The van der Waals surface area contributed by atoms with Gasteiger partial charge < -0.3 is 5.32 Å². The van der Waals surface area contributed by atoms with E-state index in [0.29, 0.717) is 10.2 Å². The van der Waals surface area contributed by atoms with Gasteiger partial charge in [0.1, 0.15) is 6.33 Å². The Morgan fingerprint density at radius 1 is 1.20 bits per heavy atom. The van der Waals surface area contributed by atoms with Crippen LogP contribution in [0.4, 0.5) is 5.69 Å². The van der Waals surface area contributed by atoms with Crippen molar-refractivity contribution in [2.45, 2.75) is 19.0 Å². The molecule has 0 fully saturated rings. The van der Waals surface area contributed by atoms with Crippen LogP contribution >= 0.6 is 23.4 Å². The molecule has 0 atom stereocenters. The first-order valence-electron chi connectivity index (χ1n) is 7.68. The molecule has 128 valence electrons. The van der Waals surface area contributed by atoms with E-state index in [0.717, 1.165) is 22.5 Å². The van der Waals surface area contributed by atoms with Crippen LogP contribution in [0.15, 0.2) is 53.9 Å². The third-order valence-electron chi connectivity index (χ3n) is 3.44. The molecule has 0 aliphatic heterocycles. The fraction of sp³-hybridized carbons (Fsp3) is 0.167. The van der Waals surface area contributed by atoms with Crippen molar-refractivity contribution in [2.75, 3.05) is 11.1 Å². The smallest absolute Gasteiger partial charge is 0.234 e. The Morgan fingerprint density at radius 2 is 1.96 bits per heavy atom. The lowest BCUT2D eigenvalue weighted by atomic mass is 10.1. The van der Waals surface area contributed by atoms with E-state index in [4.69, 9.17) is 11.6 Å². The first-order chi connectivity index (χ1) is 12.0. The molecule has 0 bridgehead atoms. The average Bonchev–Trinajstić information content (AvgIpc) is 3.00. The normalized spacial score (nSPS) is 10.7. The fourth-order valence-corrected chi connectivity index (χ4v) is 3.41. The molecule has 0 aliphatic carbocycles. The number of carbonyl (C=O) groups is 1. The van der Waals surface area contributed by atoms with E-state index < -0.39 is 0 Å². The van der Waals surface area contributed by atoms with Crippen LogP contribution in [0.5, 0.6) is 0 Å². The topological polar surface area (TPSA) is 59.8 Å². The molecule has 1 heterocycles. The van der Waals surface area contributed by atoms with E-state index in [9.17, 15) is 4.79 Å². The van der Waals surface area contributed by atoms with Gasteiger partial charge in [-0.15, -0.1) is 10.2 Å². The van der Waals surface area contributed by atoms with E-state index in [2.05, 4.69) is 21.6 Å². The zero-order valence-corrected chi connectivity index (χ0v) is 15.4. The maximum Gasteiger partial charge on any atom is 0.234 e. The van der Waals surface area contributed by atoms with E-state index >= 15 is 0 Å². The Kier molecular flexibility index (Phi) is 5.40. The number of rotatable bonds is 5. The summed E-state index contributed by atoms with van der Waals surface area (Å²) in [6, 6.07) is 13.4. The number of nitrogens with zero attached hydrogens (tertiary/aromatic N) is 3. The van der Waals surface area contributed by atoms with Crippen LogP contribution in [0, 0.1) is 13.8 Å². The minimum absolute atomic E-state index is 0.0874. The summed E-state index contributed by atoms with van der Waals surface area (Å²) in [6.45, 7) is 4.01. The number of hydrogen-bond donors (Lipinski definition) is 1. The molecule has 1 amide bonds. The second-order valence-corrected chi connectivity index (χ2v) is 7.06. The van der Waals surface area contributed by atoms with Crippen LogP contribution < -0.4 is 5.32 Å². The van der Waals surface area contributed by atoms with Gasteiger partial charge in [-0.1, -0.05) is 35.5 Å². The molecule has 0 saturated heterocycles. The van der Waals surface area contributed by atoms with Gasteiger partial charge in [0.25, 0.3) is 0 Å². The van der Waals surface area contributed by atoms with Gasteiger partial charge in [-0.05, 0) is 55.3 Å². The molecule has 7 heteroatoms. The van der Waals surface area contributed by atoms with Gasteiger partial charge in [0, 0.05) is 10.7 Å². The molecule has 0 aliphatic rings. The highest BCUT2D eigenvalue weighted by atomic mass is 35.5. The maximum atomic E-state index is 12.2. The highest BCUT2D eigenvalue weighted by molar-refractivity contribution is 7.99. The van der Waals surface area contributed by atoms with Gasteiger partial charge in [0.15, 0.2) is 5.16 Å². The Balaban J connectivity index is 1.66. The molecule has 1 aromatic heterocycles. The van der Waals surface area contributed by atoms with Crippen LogP contribution in [-0.4, -0.2) is 26.4 Å². The van der Waals surface area contributed by atoms with Crippen molar-refractivity contribution in [1.29, 1.82) is 0 Å². The molecule has 3 rings (SSSR count). The summed E-state index contributed by atoms with van der Waals surface area (Å²) in [4.78, 5) is 12.2. The lowest BCUT2D eigenvalue weighted by Gasteiger charge is -2.08. The Morgan fingerprint density at radius 3 is 2.68 bits per heavy atom. The average molecular weight is 373 g/mol. The molecule has 25 heavy (non-hydrogen) atoms. The zero-order valence-electron chi connectivity index (χ0n) is 13.9. The predicted octanol–water partition coefficient (Wildman–Crippen LogP) is 4.27. The highest BCUT2D eigenvalue weighted by Gasteiger charge is 2.11. The first kappa shape index (κ1) is 17.5. The van der Waals surface area contributed by atoms with Crippen molar-refractivity contribution in [2.24, 2.45) is 0 Å². The van der Waals surface area contributed by atoms with Crippen LogP contribution in [0.2, 0.25) is 5.02 Å². The number of thioether (sulfide) groups is 1. The number of halogens is 1. The molecule has 0 saturated carbocycles. The second-order valence-electron chi connectivity index (χ2n) is 5.68. The standard InChI is InChI=1S/C18H17ClN4OS/c1-12-6-13(2)8-15(7-12)21-17(24)10-25-18-22-20-11-23(18)16-5-3-4-14(19)9-16/h3-9,11H,10H2,1-2H3,(H,21,24). The fourth-order valence-electron chi connectivity index (χ4n) is 2.50. The molecule has 3 aromatic rings. The SMILES string of the molecule is Cc1cc(C)cc(NC(=O)CSc2nncn2-c2cccc(Cl)c2)c1. The van der Waals surface area contributed by atoms with Crippen molar-refractivity contribution in [1.82, 2.24) is 14.8 Å². The van der Waals surface area contributed by atoms with E-state index in [1.54, 1.807) is 17.0 Å². The predicted molar refractivity (Wildman–Crippen MR) is 102 cm³/mol. The van der Waals surface area contributed by atoms with Crippen LogP contribution in [0.3, 0.4) is 0 Å². The number of anilines is 1. The maximum absolute atomic E-state index is 12.2. The Hall–Kier alpha value is -2.31. The molecule has 0 spiro atoms. The molecular weight excluding hydrogens is 356 g/mol. The highest BCUT2D eigenvalue weighted by Crippen LogP contribution is 2.22. The van der Waals surface area contributed by atoms with Crippen molar-refractivity contribution in [3.05, 3.63) is 64.9 Å². The van der Waals surface area contributed by atoms with Crippen LogP contribution in [0.1, 0.15) is 11.1 Å². The van der Waals surface area contributed by atoms with E-state index in [-0.39, 0.29) is 11.7 Å². The number of aromatic nitrogens is 3. The first-order valence-corrected chi connectivity index (χ1v) is 9.04. The summed E-state index contributed by atoms with van der Waals surface area (Å²) in [5.74, 6) is 0.155. The van der Waals surface area contributed by atoms with Crippen molar-refractivity contribution >= 4 is 35.0 Å². The van der Waals surface area contributed by atoms with E-state index in [1.165, 1.54) is 11.8 Å². The van der Waals surface area contributed by atoms with Gasteiger partial charge in [0.05, 0.1) is 11.4 Å². The van der Waals surface area contributed by atoms with Crippen molar-refractivity contribution in [3.63, 3.8) is 0 Å². The largest absolute Gasteiger partial charge is 0.325 e. The van der Waals surface area contributed by atoms with Crippen LogP contribution in [-0.2, 0) is 4.79 Å². The van der Waals surface area contributed by atoms with Gasteiger partial charge >= 0.3 is 0 Å². The van der Waals surface area contributed by atoms with Gasteiger partial charge in [0.2, 0.25) is 5.91 Å². The third-order valence-corrected chi connectivity index (χ3v) is 4.62. The third kappa shape index (κ3) is 4.61. The minimum atomic E-state index is -0.0874. The molecule has 2 aromatic carbocycles. The summed E-state index contributed by atoms with van der Waals surface area (Å²) < 4.78 is 1.81. The number of hydrogen-bond acceptors (Lipinski definition) is 4. The van der Waals surface area contributed by atoms with Crippen molar-refractivity contribution in [3.8, 4) is 5.69 Å². The van der Waals surface area contributed by atoms with Gasteiger partial charge in [-0.25, -0.2) is 0 Å². The lowest BCUT2D eigenvalue weighted by Crippen LogP contribution is -2.14. The monoisotopic (exact) mass is 372 g/mol. The summed E-state index contributed by atoms with van der Waals surface area (Å²) in [5, 5.41) is 12.2. The quantitative estimate of drug-likeness (QED) is 0.679. The Labute approximate surface area is 155 Å². The number of amides is 1. The molecule has 0 radical (unpaired) electrons. The summed E-state index contributed by atoms with van der Waals surface area (Å²) in [7, 11) is 0. The molecule has 1 N–H and O–H groups in total. The van der Waals surface area contributed by atoms with Crippen molar-refractivity contribution < 1.29 is 4.79 Å². The molecule has 0 unspecified atom stereocenters. The lowest BCUT2D eigenvalue weighted by molar-refractivity contribution is -0.113. The second kappa shape index (κ2) is 7.72. The summed E-state index contributed by atoms with van der Waals surface area (Å²) in [5.41, 5.74) is 3.89. The Bertz CT molecular complexity index is 889. The van der Waals surface area contributed by atoms with Gasteiger partial charge in [-0.3, -0.25) is 9.36 Å². The van der Waals surface area contributed by atoms with Gasteiger partial charge in [-0.2, -0.15) is 0 Å². The molecular formula is C18H17ClN4OS. The van der Waals surface area contributed by atoms with Crippen LogP contribution in [0.25, 0.3) is 5.69 Å². The number of carbonyl (C=O) groups excluding carboxylic acids is 1. The summed E-state index contributed by atoms with van der Waals surface area (Å²) in [6.07, 6.45) is 1.61. The van der Waals surface area contributed by atoms with E-state index in [1.807, 2.05) is 44.2 Å². The number of nitrogens with one attached hydrogen (secondary N) is 1. The molecule has 5 nitrogen and oxygen atoms in total.